The molecule has 1 unspecified atom stereocenters. The number of hydrogen-bond donors (Lipinski definition) is 1. The van der Waals surface area contributed by atoms with Crippen LogP contribution >= 0.6 is 0 Å². The molecule has 0 saturated heterocycles. The minimum atomic E-state index is -1.90. The van der Waals surface area contributed by atoms with Crippen LogP contribution in [0.5, 0.6) is 0 Å². The third kappa shape index (κ3) is 7.38. The quantitative estimate of drug-likeness (QED) is 0.212. The molecule has 2 aromatic carbocycles. The molecule has 8 heteroatoms. The number of aliphatic hydroxyl groups excluding tert-OH is 1. The van der Waals surface area contributed by atoms with Crippen molar-refractivity contribution in [1.82, 2.24) is 10.2 Å². The molecule has 1 aromatic heterocycles. The average Bonchev–Trinajstić information content (AvgIpc) is 2.85. The summed E-state index contributed by atoms with van der Waals surface area (Å²) in [6.45, 7) is 8.90. The molecule has 6 nitrogen and oxygen atoms in total. The van der Waals surface area contributed by atoms with Crippen molar-refractivity contribution in [3.63, 3.8) is 0 Å². The highest BCUT2D eigenvalue weighted by Gasteiger charge is 2.27. The molecule has 1 heterocycles. The van der Waals surface area contributed by atoms with Gasteiger partial charge in [-0.3, -0.25) is 4.79 Å². The van der Waals surface area contributed by atoms with Crippen molar-refractivity contribution in [2.24, 2.45) is 0 Å². The number of ketones is 1. The van der Waals surface area contributed by atoms with E-state index in [9.17, 15) is 23.5 Å². The number of benzene rings is 2. The number of aromatic nitrogens is 2. The number of aliphatic hydroxyl groups is 1. The number of esters is 1. The summed E-state index contributed by atoms with van der Waals surface area (Å²) in [4.78, 5) is 24.3. The Morgan fingerprint density at radius 2 is 1.50 bits per heavy atom. The van der Waals surface area contributed by atoms with Crippen molar-refractivity contribution >= 4 is 11.8 Å². The van der Waals surface area contributed by atoms with Crippen molar-refractivity contribution in [1.29, 1.82) is 0 Å². The normalized spacial score (nSPS) is 12.7. The number of hydrogen-bond acceptors (Lipinski definition) is 6. The first-order valence-corrected chi connectivity index (χ1v) is 12.4. The number of rotatable bonds is 9. The molecule has 3 aromatic rings. The maximum Gasteiger partial charge on any atom is 0.343 e. The number of ether oxygens (including phenoxy) is 1. The fourth-order valence-electron chi connectivity index (χ4n) is 3.93. The number of allylic oxidation sites excluding steroid dienone is 1. The van der Waals surface area contributed by atoms with Crippen molar-refractivity contribution in [3.8, 4) is 22.4 Å². The third-order valence-electron chi connectivity index (χ3n) is 5.65. The zero-order valence-electron chi connectivity index (χ0n) is 22.2. The largest absolute Gasteiger partial charge is 0.458 e. The summed E-state index contributed by atoms with van der Waals surface area (Å²) in [6.07, 6.45) is 1.66. The Morgan fingerprint density at radius 1 is 0.947 bits per heavy atom. The van der Waals surface area contributed by atoms with Gasteiger partial charge in [0, 0.05) is 11.1 Å². The first-order valence-electron chi connectivity index (χ1n) is 12.4. The van der Waals surface area contributed by atoms with Gasteiger partial charge in [0.15, 0.2) is 5.78 Å². The highest BCUT2D eigenvalue weighted by atomic mass is 19.1. The van der Waals surface area contributed by atoms with Crippen molar-refractivity contribution in [2.75, 3.05) is 0 Å². The van der Waals surface area contributed by atoms with Crippen molar-refractivity contribution < 1.29 is 28.2 Å². The molecule has 200 valence electrons. The SMILES string of the molecule is CC(C)c1nnc(-c2ccc(F)cc2)c(-c2ccc(F)cc2)c1CCC=CC(=O)C(O)C(=O)OC(C)(C)C. The summed E-state index contributed by atoms with van der Waals surface area (Å²) in [5.41, 5.74) is 3.40. The van der Waals surface area contributed by atoms with Crippen LogP contribution in [0.25, 0.3) is 22.4 Å². The van der Waals surface area contributed by atoms with Crippen LogP contribution in [0.1, 0.15) is 58.2 Å². The van der Waals surface area contributed by atoms with Crippen LogP contribution in [-0.4, -0.2) is 38.8 Å². The Morgan fingerprint density at radius 3 is 2.03 bits per heavy atom. The van der Waals surface area contributed by atoms with Gasteiger partial charge < -0.3 is 9.84 Å². The van der Waals surface area contributed by atoms with Crippen LogP contribution in [-0.2, 0) is 20.7 Å². The van der Waals surface area contributed by atoms with Gasteiger partial charge >= 0.3 is 5.97 Å². The fraction of sp³-hybridized carbons (Fsp3) is 0.333. The Balaban J connectivity index is 1.97. The van der Waals surface area contributed by atoms with Gasteiger partial charge in [0.2, 0.25) is 6.10 Å². The molecule has 0 spiro atoms. The lowest BCUT2D eigenvalue weighted by Crippen LogP contribution is -2.36. The van der Waals surface area contributed by atoms with Crippen LogP contribution in [0.2, 0.25) is 0 Å². The summed E-state index contributed by atoms with van der Waals surface area (Å²) < 4.78 is 32.4. The Hall–Kier alpha value is -3.78. The molecule has 0 saturated carbocycles. The number of carbonyl (C=O) groups excluding carboxylic acids is 2. The molecule has 0 amide bonds. The van der Waals surface area contributed by atoms with Crippen LogP contribution < -0.4 is 0 Å². The molecular formula is C30H32F2N2O4. The topological polar surface area (TPSA) is 89.4 Å². The summed E-state index contributed by atoms with van der Waals surface area (Å²) in [5, 5.41) is 19.0. The molecule has 1 atom stereocenters. The number of halogens is 2. The minimum absolute atomic E-state index is 0.0126. The van der Waals surface area contributed by atoms with Crippen LogP contribution in [0.3, 0.4) is 0 Å². The summed E-state index contributed by atoms with van der Waals surface area (Å²) in [5.74, 6) is -2.53. The predicted octanol–water partition coefficient (Wildman–Crippen LogP) is 5.97. The third-order valence-corrected chi connectivity index (χ3v) is 5.65. The lowest BCUT2D eigenvalue weighted by molar-refractivity contribution is -0.166. The van der Waals surface area contributed by atoms with E-state index >= 15 is 0 Å². The standard InChI is InChI=1S/C30H32F2N2O4/c1-18(2)26-23(8-6-7-9-24(35)28(36)29(37)38-30(3,4)5)25(19-10-14-21(31)15-11-19)27(34-33-26)20-12-16-22(32)17-13-20/h7,9-18,28,36H,6,8H2,1-5H3. The Bertz CT molecular complexity index is 1310. The minimum Gasteiger partial charge on any atom is -0.458 e. The summed E-state index contributed by atoms with van der Waals surface area (Å²) in [7, 11) is 0. The van der Waals surface area contributed by atoms with E-state index in [1.54, 1.807) is 51.1 Å². The van der Waals surface area contributed by atoms with Gasteiger partial charge in [0.05, 0.1) is 5.69 Å². The highest BCUT2D eigenvalue weighted by Crippen LogP contribution is 2.37. The van der Waals surface area contributed by atoms with Crippen molar-refractivity contribution in [3.05, 3.63) is 83.6 Å². The maximum atomic E-state index is 13.8. The van der Waals surface area contributed by atoms with Gasteiger partial charge in [-0.2, -0.15) is 5.10 Å². The molecule has 0 aliphatic carbocycles. The zero-order chi connectivity index (χ0) is 28.0. The van der Waals surface area contributed by atoms with Gasteiger partial charge in [-0.25, -0.2) is 13.6 Å². The second-order valence-electron chi connectivity index (χ2n) is 10.2. The average molecular weight is 523 g/mol. The molecule has 0 fully saturated rings. The Labute approximate surface area is 221 Å². The van der Waals surface area contributed by atoms with E-state index < -0.39 is 23.5 Å². The molecular weight excluding hydrogens is 490 g/mol. The lowest BCUT2D eigenvalue weighted by atomic mass is 9.89. The second-order valence-corrected chi connectivity index (χ2v) is 10.2. The maximum absolute atomic E-state index is 13.8. The van der Waals surface area contributed by atoms with Crippen LogP contribution in [0.15, 0.2) is 60.7 Å². The lowest BCUT2D eigenvalue weighted by Gasteiger charge is -2.20. The molecule has 0 bridgehead atoms. The van der Waals surface area contributed by atoms with E-state index in [-0.39, 0.29) is 17.6 Å². The monoisotopic (exact) mass is 522 g/mol. The predicted molar refractivity (Wildman–Crippen MR) is 141 cm³/mol. The fourth-order valence-corrected chi connectivity index (χ4v) is 3.93. The number of carbonyl (C=O) groups is 2. The van der Waals surface area contributed by atoms with Crippen LogP contribution in [0.4, 0.5) is 8.78 Å². The number of nitrogens with zero attached hydrogens (tertiary/aromatic N) is 2. The molecule has 0 aliphatic heterocycles. The van der Waals surface area contributed by atoms with Gasteiger partial charge in [-0.15, -0.1) is 5.10 Å². The first-order chi connectivity index (χ1) is 17.9. The molecule has 1 N–H and O–H groups in total. The van der Waals surface area contributed by atoms with Crippen LogP contribution in [0, 0.1) is 11.6 Å². The van der Waals surface area contributed by atoms with E-state index in [1.807, 2.05) is 13.8 Å². The van der Waals surface area contributed by atoms with Gasteiger partial charge in [-0.1, -0.05) is 32.1 Å². The molecule has 38 heavy (non-hydrogen) atoms. The summed E-state index contributed by atoms with van der Waals surface area (Å²) >= 11 is 0. The van der Waals surface area contributed by atoms with E-state index in [4.69, 9.17) is 4.74 Å². The molecule has 3 rings (SSSR count). The van der Waals surface area contributed by atoms with E-state index in [0.717, 1.165) is 28.5 Å². The summed E-state index contributed by atoms with van der Waals surface area (Å²) in [6, 6.07) is 11.9. The highest BCUT2D eigenvalue weighted by molar-refractivity contribution is 6.07. The van der Waals surface area contributed by atoms with Crippen molar-refractivity contribution in [2.45, 2.75) is 65.1 Å². The Kier molecular flexibility index (Phi) is 9.22. The van der Waals surface area contributed by atoms with E-state index in [0.29, 0.717) is 24.1 Å². The van der Waals surface area contributed by atoms with E-state index in [2.05, 4.69) is 10.2 Å². The smallest absolute Gasteiger partial charge is 0.343 e. The van der Waals surface area contributed by atoms with E-state index in [1.165, 1.54) is 24.3 Å². The van der Waals surface area contributed by atoms with Gasteiger partial charge in [0.25, 0.3) is 0 Å². The van der Waals surface area contributed by atoms with Gasteiger partial charge in [-0.05, 0) is 93.1 Å². The zero-order valence-corrected chi connectivity index (χ0v) is 22.2. The molecule has 0 aliphatic rings. The second kappa shape index (κ2) is 12.2. The first kappa shape index (κ1) is 28.8. The molecule has 0 radical (unpaired) electrons. The van der Waals surface area contributed by atoms with Gasteiger partial charge in [0.1, 0.15) is 22.9 Å².